The molecule has 0 saturated carbocycles. The van der Waals surface area contributed by atoms with E-state index in [1.54, 1.807) is 0 Å². The summed E-state index contributed by atoms with van der Waals surface area (Å²) in [6.45, 7) is 10.8. The van der Waals surface area contributed by atoms with E-state index in [1.165, 1.54) is 31.8 Å². The minimum Gasteiger partial charge on any atom is -0.301 e. The van der Waals surface area contributed by atoms with Gasteiger partial charge in [-0.3, -0.25) is 0 Å². The monoisotopic (exact) mass is 249 g/mol. The van der Waals surface area contributed by atoms with E-state index in [0.717, 1.165) is 18.2 Å². The molecular weight excluding hydrogens is 226 g/mol. The van der Waals surface area contributed by atoms with Crippen LogP contribution in [-0.2, 0) is 0 Å². The van der Waals surface area contributed by atoms with Crippen molar-refractivity contribution in [1.82, 2.24) is 4.90 Å². The molecule has 0 aromatic rings. The molecule has 0 amide bonds. The maximum atomic E-state index is 5.75. The number of hydrogen-bond acceptors (Lipinski definition) is 2. The molecule has 0 bridgehead atoms. The van der Waals surface area contributed by atoms with Crippen molar-refractivity contribution in [1.29, 1.82) is 0 Å². The Balaban J connectivity index is 2.21. The van der Waals surface area contributed by atoms with Gasteiger partial charge in [-0.05, 0) is 39.2 Å². The number of alkyl halides is 1. The molecule has 0 aromatic carbocycles. The van der Waals surface area contributed by atoms with Gasteiger partial charge in [-0.2, -0.15) is 11.8 Å². The van der Waals surface area contributed by atoms with Gasteiger partial charge in [-0.25, -0.2) is 0 Å². The van der Waals surface area contributed by atoms with Crippen LogP contribution >= 0.6 is 23.4 Å². The van der Waals surface area contributed by atoms with E-state index in [-0.39, 0.29) is 0 Å². The lowest BCUT2D eigenvalue weighted by Crippen LogP contribution is -2.43. The summed E-state index contributed by atoms with van der Waals surface area (Å²) in [7, 11) is 0. The van der Waals surface area contributed by atoms with E-state index in [4.69, 9.17) is 11.6 Å². The largest absolute Gasteiger partial charge is 0.301 e. The van der Waals surface area contributed by atoms with Crippen LogP contribution in [0.15, 0.2) is 0 Å². The summed E-state index contributed by atoms with van der Waals surface area (Å²) in [6, 6.07) is 0. The first-order chi connectivity index (χ1) is 7.03. The second-order valence-corrected chi connectivity index (χ2v) is 7.44. The van der Waals surface area contributed by atoms with Gasteiger partial charge < -0.3 is 4.90 Å². The Bertz CT molecular complexity index is 184. The summed E-state index contributed by atoms with van der Waals surface area (Å²) < 4.78 is 0.452. The summed E-state index contributed by atoms with van der Waals surface area (Å²) in [5, 5.41) is 0. The molecule has 1 heterocycles. The van der Waals surface area contributed by atoms with Gasteiger partial charge in [0.15, 0.2) is 0 Å². The lowest BCUT2D eigenvalue weighted by atomic mass is 10.0. The molecule has 1 aliphatic rings. The topological polar surface area (TPSA) is 3.24 Å². The Morgan fingerprint density at radius 2 is 2.13 bits per heavy atom. The quantitative estimate of drug-likeness (QED) is 0.687. The summed E-state index contributed by atoms with van der Waals surface area (Å²) in [6.07, 6.45) is 2.46. The highest BCUT2D eigenvalue weighted by atomic mass is 35.5. The molecule has 3 heteroatoms. The lowest BCUT2D eigenvalue weighted by molar-refractivity contribution is 0.242. The summed E-state index contributed by atoms with van der Waals surface area (Å²) in [4.78, 5) is 2.61. The van der Waals surface area contributed by atoms with Crippen molar-refractivity contribution < 1.29 is 0 Å². The molecule has 1 atom stereocenters. The maximum Gasteiger partial charge on any atom is 0.0231 e. The van der Waals surface area contributed by atoms with Crippen LogP contribution in [0.4, 0.5) is 0 Å². The Labute approximate surface area is 104 Å². The van der Waals surface area contributed by atoms with Crippen molar-refractivity contribution in [3.8, 4) is 0 Å². The van der Waals surface area contributed by atoms with Crippen LogP contribution in [0.5, 0.6) is 0 Å². The van der Waals surface area contributed by atoms with E-state index in [9.17, 15) is 0 Å². The molecular formula is C12H24ClNS. The van der Waals surface area contributed by atoms with E-state index in [0.29, 0.717) is 4.75 Å². The average Bonchev–Trinajstić information content (AvgIpc) is 2.14. The van der Waals surface area contributed by atoms with Crippen LogP contribution in [0.2, 0.25) is 0 Å². The average molecular weight is 250 g/mol. The molecule has 0 aliphatic carbocycles. The standard InChI is InChI=1S/C12H24ClNS/c1-11(4-6-13)5-7-14-8-9-15-12(2,3)10-14/h11H,4-10H2,1-3H3. The fourth-order valence-electron chi connectivity index (χ4n) is 2.04. The minimum absolute atomic E-state index is 0.452. The van der Waals surface area contributed by atoms with Crippen molar-refractivity contribution in [2.75, 3.05) is 31.3 Å². The SMILES string of the molecule is CC(CCCl)CCN1CCSC(C)(C)C1. The van der Waals surface area contributed by atoms with Crippen molar-refractivity contribution in [2.24, 2.45) is 5.92 Å². The van der Waals surface area contributed by atoms with Crippen LogP contribution in [0.1, 0.15) is 33.6 Å². The summed E-state index contributed by atoms with van der Waals surface area (Å²) >= 11 is 7.85. The smallest absolute Gasteiger partial charge is 0.0231 e. The lowest BCUT2D eigenvalue weighted by Gasteiger charge is -2.37. The van der Waals surface area contributed by atoms with E-state index in [2.05, 4.69) is 37.4 Å². The van der Waals surface area contributed by atoms with Gasteiger partial charge >= 0.3 is 0 Å². The molecule has 0 spiro atoms. The zero-order valence-electron chi connectivity index (χ0n) is 10.3. The molecule has 1 nitrogen and oxygen atoms in total. The van der Waals surface area contributed by atoms with Crippen LogP contribution in [-0.4, -0.2) is 40.9 Å². The summed E-state index contributed by atoms with van der Waals surface area (Å²) in [5.41, 5.74) is 0. The first-order valence-corrected chi connectivity index (χ1v) is 7.48. The molecule has 0 N–H and O–H groups in total. The van der Waals surface area contributed by atoms with Gasteiger partial charge in [0.05, 0.1) is 0 Å². The Morgan fingerprint density at radius 1 is 1.40 bits per heavy atom. The number of nitrogens with zero attached hydrogens (tertiary/aromatic N) is 1. The van der Waals surface area contributed by atoms with Crippen LogP contribution in [0.3, 0.4) is 0 Å². The van der Waals surface area contributed by atoms with Gasteiger partial charge in [0.25, 0.3) is 0 Å². The molecule has 0 aromatic heterocycles. The van der Waals surface area contributed by atoms with Crippen molar-refractivity contribution in [3.63, 3.8) is 0 Å². The van der Waals surface area contributed by atoms with Crippen LogP contribution in [0.25, 0.3) is 0 Å². The second-order valence-electron chi connectivity index (χ2n) is 5.26. The molecule has 1 fully saturated rings. The van der Waals surface area contributed by atoms with Crippen molar-refractivity contribution in [2.45, 2.75) is 38.4 Å². The zero-order valence-corrected chi connectivity index (χ0v) is 11.8. The predicted molar refractivity (Wildman–Crippen MR) is 72.1 cm³/mol. The fraction of sp³-hybridized carbons (Fsp3) is 1.00. The van der Waals surface area contributed by atoms with Crippen molar-refractivity contribution >= 4 is 23.4 Å². The van der Waals surface area contributed by atoms with E-state index in [1.807, 2.05) is 0 Å². The molecule has 1 unspecified atom stereocenters. The van der Waals surface area contributed by atoms with Gasteiger partial charge in [0.2, 0.25) is 0 Å². The highest BCUT2D eigenvalue weighted by molar-refractivity contribution is 8.00. The molecule has 15 heavy (non-hydrogen) atoms. The van der Waals surface area contributed by atoms with Crippen molar-refractivity contribution in [3.05, 3.63) is 0 Å². The second kappa shape index (κ2) is 6.36. The minimum atomic E-state index is 0.452. The third-order valence-corrected chi connectivity index (χ3v) is 4.56. The molecule has 1 rings (SSSR count). The van der Waals surface area contributed by atoms with Gasteiger partial charge in [0, 0.05) is 29.5 Å². The molecule has 90 valence electrons. The van der Waals surface area contributed by atoms with E-state index >= 15 is 0 Å². The first-order valence-electron chi connectivity index (χ1n) is 5.96. The number of rotatable bonds is 5. The Morgan fingerprint density at radius 3 is 2.73 bits per heavy atom. The number of hydrogen-bond donors (Lipinski definition) is 0. The zero-order chi connectivity index (χ0) is 11.3. The maximum absolute atomic E-state index is 5.75. The fourth-order valence-corrected chi connectivity index (χ4v) is 3.59. The normalized spacial score (nSPS) is 24.0. The number of thioether (sulfide) groups is 1. The molecule has 0 radical (unpaired) electrons. The van der Waals surface area contributed by atoms with Gasteiger partial charge in [-0.1, -0.05) is 6.92 Å². The third-order valence-electron chi connectivity index (χ3n) is 3.04. The van der Waals surface area contributed by atoms with Crippen LogP contribution in [0, 0.1) is 5.92 Å². The molecule has 1 aliphatic heterocycles. The molecule has 1 saturated heterocycles. The Hall–Kier alpha value is 0.600. The highest BCUT2D eigenvalue weighted by Crippen LogP contribution is 2.29. The first kappa shape index (κ1) is 13.7. The van der Waals surface area contributed by atoms with Crippen LogP contribution < -0.4 is 0 Å². The Kier molecular flexibility index (Phi) is 5.80. The van der Waals surface area contributed by atoms with Gasteiger partial charge in [0.1, 0.15) is 0 Å². The summed E-state index contributed by atoms with van der Waals surface area (Å²) in [5.74, 6) is 2.87. The number of halogens is 1. The van der Waals surface area contributed by atoms with E-state index < -0.39 is 0 Å². The third kappa shape index (κ3) is 5.46. The predicted octanol–water partition coefficient (Wildman–Crippen LogP) is 3.47. The highest BCUT2D eigenvalue weighted by Gasteiger charge is 2.26. The van der Waals surface area contributed by atoms with Gasteiger partial charge in [-0.15, -0.1) is 11.6 Å².